The third-order valence-electron chi connectivity index (χ3n) is 2.82. The Morgan fingerprint density at radius 2 is 1.94 bits per heavy atom. The molecular weight excluding hydrogens is 202 g/mol. The number of β-amino-alcohol motifs (C(OH)–C–C–N with tert-alkyl or cyclic N) is 1. The number of aromatic nitrogens is 2. The number of para-hydroxylation sites is 2. The highest BCUT2D eigenvalue weighted by Crippen LogP contribution is 2.26. The van der Waals surface area contributed by atoms with Crippen molar-refractivity contribution in [2.24, 2.45) is 0 Å². The van der Waals surface area contributed by atoms with E-state index in [4.69, 9.17) is 0 Å². The molecular formula is C12H13N3O. The Morgan fingerprint density at radius 1 is 1.25 bits per heavy atom. The molecule has 1 fully saturated rings. The van der Waals surface area contributed by atoms with Crippen molar-refractivity contribution >= 4 is 16.9 Å². The van der Waals surface area contributed by atoms with E-state index in [-0.39, 0.29) is 0 Å². The second-order valence-corrected chi connectivity index (χ2v) is 4.57. The van der Waals surface area contributed by atoms with Crippen LogP contribution in [-0.4, -0.2) is 33.8 Å². The van der Waals surface area contributed by atoms with Crippen molar-refractivity contribution in [1.29, 1.82) is 0 Å². The van der Waals surface area contributed by atoms with Gasteiger partial charge in [0.2, 0.25) is 0 Å². The first-order chi connectivity index (χ1) is 7.64. The minimum Gasteiger partial charge on any atom is -0.386 e. The maximum Gasteiger partial charge on any atom is 0.148 e. The van der Waals surface area contributed by atoms with E-state index < -0.39 is 5.60 Å². The van der Waals surface area contributed by atoms with Gasteiger partial charge in [-0.25, -0.2) is 4.98 Å². The summed E-state index contributed by atoms with van der Waals surface area (Å²) >= 11 is 0. The molecule has 0 spiro atoms. The molecule has 82 valence electrons. The number of hydrogen-bond donors (Lipinski definition) is 1. The van der Waals surface area contributed by atoms with Crippen molar-refractivity contribution in [1.82, 2.24) is 9.97 Å². The van der Waals surface area contributed by atoms with Crippen LogP contribution in [0.1, 0.15) is 6.92 Å². The standard InChI is InChI=1S/C12H13N3O/c1-12(16)7-15(8-12)11-6-13-9-4-2-3-5-10(9)14-11/h2-6,16H,7-8H2,1H3. The molecule has 0 bridgehead atoms. The van der Waals surface area contributed by atoms with Crippen LogP contribution in [0.25, 0.3) is 11.0 Å². The van der Waals surface area contributed by atoms with Gasteiger partial charge >= 0.3 is 0 Å². The highest BCUT2D eigenvalue weighted by molar-refractivity contribution is 5.75. The fourth-order valence-electron chi connectivity index (χ4n) is 2.04. The Morgan fingerprint density at radius 3 is 2.62 bits per heavy atom. The predicted molar refractivity (Wildman–Crippen MR) is 62.4 cm³/mol. The number of fused-ring (bicyclic) bond motifs is 1. The largest absolute Gasteiger partial charge is 0.386 e. The lowest BCUT2D eigenvalue weighted by molar-refractivity contribution is 0.0305. The average Bonchev–Trinajstić information content (AvgIpc) is 2.25. The van der Waals surface area contributed by atoms with Crippen LogP contribution in [-0.2, 0) is 0 Å². The molecule has 3 rings (SSSR count). The molecule has 0 unspecified atom stereocenters. The lowest BCUT2D eigenvalue weighted by Gasteiger charge is -2.44. The van der Waals surface area contributed by atoms with Gasteiger partial charge in [0.05, 0.1) is 22.8 Å². The van der Waals surface area contributed by atoms with E-state index in [2.05, 4.69) is 9.97 Å². The quantitative estimate of drug-likeness (QED) is 0.776. The minimum atomic E-state index is -0.576. The van der Waals surface area contributed by atoms with Gasteiger partial charge in [-0.3, -0.25) is 4.98 Å². The van der Waals surface area contributed by atoms with E-state index in [1.54, 1.807) is 6.20 Å². The summed E-state index contributed by atoms with van der Waals surface area (Å²) in [4.78, 5) is 10.9. The van der Waals surface area contributed by atoms with Crippen LogP contribution in [0.4, 0.5) is 5.82 Å². The topological polar surface area (TPSA) is 49.2 Å². The van der Waals surface area contributed by atoms with Crippen molar-refractivity contribution in [3.8, 4) is 0 Å². The second kappa shape index (κ2) is 3.15. The molecule has 1 aliphatic rings. The van der Waals surface area contributed by atoms with Crippen LogP contribution in [0.5, 0.6) is 0 Å². The second-order valence-electron chi connectivity index (χ2n) is 4.57. The Kier molecular flexibility index (Phi) is 1.88. The van der Waals surface area contributed by atoms with Gasteiger partial charge in [-0.1, -0.05) is 12.1 Å². The van der Waals surface area contributed by atoms with Gasteiger partial charge in [-0.2, -0.15) is 0 Å². The van der Waals surface area contributed by atoms with Crippen LogP contribution in [0, 0.1) is 0 Å². The number of aliphatic hydroxyl groups is 1. The maximum atomic E-state index is 9.67. The summed E-state index contributed by atoms with van der Waals surface area (Å²) in [6, 6.07) is 7.79. The fraction of sp³-hybridized carbons (Fsp3) is 0.333. The van der Waals surface area contributed by atoms with Crippen molar-refractivity contribution in [3.05, 3.63) is 30.5 Å². The highest BCUT2D eigenvalue weighted by atomic mass is 16.3. The number of benzene rings is 1. The third-order valence-corrected chi connectivity index (χ3v) is 2.82. The summed E-state index contributed by atoms with van der Waals surface area (Å²) in [5, 5.41) is 9.67. The summed E-state index contributed by atoms with van der Waals surface area (Å²) < 4.78 is 0. The maximum absolute atomic E-state index is 9.67. The van der Waals surface area contributed by atoms with Gasteiger partial charge in [0.25, 0.3) is 0 Å². The van der Waals surface area contributed by atoms with E-state index in [9.17, 15) is 5.11 Å². The van der Waals surface area contributed by atoms with Crippen LogP contribution >= 0.6 is 0 Å². The van der Waals surface area contributed by atoms with Crippen LogP contribution in [0.3, 0.4) is 0 Å². The van der Waals surface area contributed by atoms with E-state index >= 15 is 0 Å². The molecule has 16 heavy (non-hydrogen) atoms. The number of nitrogens with zero attached hydrogens (tertiary/aromatic N) is 3. The molecule has 1 aliphatic heterocycles. The monoisotopic (exact) mass is 215 g/mol. The van der Waals surface area contributed by atoms with Crippen LogP contribution in [0.2, 0.25) is 0 Å². The molecule has 1 saturated heterocycles. The number of anilines is 1. The number of hydrogen-bond acceptors (Lipinski definition) is 4. The first kappa shape index (κ1) is 9.54. The first-order valence-corrected chi connectivity index (χ1v) is 5.33. The van der Waals surface area contributed by atoms with E-state index in [0.717, 1.165) is 16.9 Å². The molecule has 1 aromatic heterocycles. The molecule has 0 aliphatic carbocycles. The zero-order valence-electron chi connectivity index (χ0n) is 9.09. The van der Waals surface area contributed by atoms with E-state index in [0.29, 0.717) is 13.1 Å². The lowest BCUT2D eigenvalue weighted by atomic mass is 9.97. The average molecular weight is 215 g/mol. The van der Waals surface area contributed by atoms with Gasteiger partial charge in [-0.15, -0.1) is 0 Å². The molecule has 1 N–H and O–H groups in total. The van der Waals surface area contributed by atoms with Crippen LogP contribution < -0.4 is 4.90 Å². The molecule has 0 saturated carbocycles. The molecule has 0 amide bonds. The highest BCUT2D eigenvalue weighted by Gasteiger charge is 2.37. The normalized spacial score (nSPS) is 18.5. The molecule has 0 radical (unpaired) electrons. The van der Waals surface area contributed by atoms with Crippen molar-refractivity contribution in [2.75, 3.05) is 18.0 Å². The molecule has 1 aromatic carbocycles. The first-order valence-electron chi connectivity index (χ1n) is 5.33. The summed E-state index contributed by atoms with van der Waals surface area (Å²) in [6.07, 6.45) is 1.76. The smallest absolute Gasteiger partial charge is 0.148 e. The van der Waals surface area contributed by atoms with Gasteiger partial charge in [0, 0.05) is 13.1 Å². The molecule has 2 aromatic rings. The van der Waals surface area contributed by atoms with Gasteiger partial charge in [-0.05, 0) is 19.1 Å². The SMILES string of the molecule is CC1(O)CN(c2cnc3ccccc3n2)C1. The Balaban J connectivity index is 1.94. The van der Waals surface area contributed by atoms with Crippen molar-refractivity contribution in [3.63, 3.8) is 0 Å². The minimum absolute atomic E-state index is 0.576. The Hall–Kier alpha value is -1.68. The van der Waals surface area contributed by atoms with Gasteiger partial charge < -0.3 is 10.0 Å². The molecule has 4 heteroatoms. The van der Waals surface area contributed by atoms with Crippen molar-refractivity contribution < 1.29 is 5.11 Å². The molecule has 0 atom stereocenters. The zero-order chi connectivity index (χ0) is 11.2. The Bertz CT molecular complexity index is 531. The molecule has 4 nitrogen and oxygen atoms in total. The van der Waals surface area contributed by atoms with E-state index in [1.165, 1.54) is 0 Å². The van der Waals surface area contributed by atoms with Crippen LogP contribution in [0.15, 0.2) is 30.5 Å². The lowest BCUT2D eigenvalue weighted by Crippen LogP contribution is -2.60. The predicted octanol–water partition coefficient (Wildman–Crippen LogP) is 1.20. The van der Waals surface area contributed by atoms with Crippen molar-refractivity contribution in [2.45, 2.75) is 12.5 Å². The zero-order valence-corrected chi connectivity index (χ0v) is 9.09. The third kappa shape index (κ3) is 1.51. The fourth-order valence-corrected chi connectivity index (χ4v) is 2.04. The summed E-state index contributed by atoms with van der Waals surface area (Å²) in [5.74, 6) is 0.838. The Labute approximate surface area is 93.6 Å². The van der Waals surface area contributed by atoms with Gasteiger partial charge in [0.15, 0.2) is 0 Å². The van der Waals surface area contributed by atoms with Gasteiger partial charge in [0.1, 0.15) is 5.82 Å². The summed E-state index contributed by atoms with van der Waals surface area (Å²) in [7, 11) is 0. The van der Waals surface area contributed by atoms with E-state index in [1.807, 2.05) is 36.1 Å². The summed E-state index contributed by atoms with van der Waals surface area (Å²) in [5.41, 5.74) is 1.22. The number of rotatable bonds is 1. The summed E-state index contributed by atoms with van der Waals surface area (Å²) in [6.45, 7) is 3.08. The molecule has 2 heterocycles.